The molecule has 31 heavy (non-hydrogen) atoms. The predicted octanol–water partition coefficient (Wildman–Crippen LogP) is 0.279. The zero-order chi connectivity index (χ0) is 23.0. The van der Waals surface area contributed by atoms with E-state index in [0.717, 1.165) is 5.56 Å². The molecular weight excluding hydrogens is 400 g/mol. The summed E-state index contributed by atoms with van der Waals surface area (Å²) >= 11 is 0. The number of nitrogens with two attached hydrogens (primary N) is 1. The molecule has 1 fully saturated rings. The molecule has 170 valence electrons. The van der Waals surface area contributed by atoms with E-state index >= 15 is 0 Å². The van der Waals surface area contributed by atoms with Crippen LogP contribution in [0.2, 0.25) is 0 Å². The van der Waals surface area contributed by atoms with Crippen molar-refractivity contribution in [2.75, 3.05) is 13.1 Å². The number of nitrogens with one attached hydrogen (secondary N) is 2. The van der Waals surface area contributed by atoms with Crippen LogP contribution in [-0.2, 0) is 25.6 Å². The lowest BCUT2D eigenvalue weighted by Gasteiger charge is -2.27. The zero-order valence-electron chi connectivity index (χ0n) is 18.0. The van der Waals surface area contributed by atoms with Crippen molar-refractivity contribution in [3.05, 3.63) is 35.9 Å². The number of carboxylic acid groups (broad SMARTS) is 1. The van der Waals surface area contributed by atoms with Gasteiger partial charge < -0.3 is 26.4 Å². The first-order chi connectivity index (χ1) is 14.7. The molecule has 1 aromatic rings. The molecule has 1 saturated heterocycles. The highest BCUT2D eigenvalue weighted by Gasteiger charge is 2.36. The Labute approximate surface area is 182 Å². The third kappa shape index (κ3) is 7.36. The van der Waals surface area contributed by atoms with Crippen molar-refractivity contribution in [2.45, 2.75) is 57.7 Å². The number of likely N-dealkylation sites (tertiary alicyclic amines) is 1. The summed E-state index contributed by atoms with van der Waals surface area (Å²) in [5.74, 6) is -2.20. The lowest BCUT2D eigenvalue weighted by molar-refractivity contribution is -0.142. The number of carboxylic acids is 1. The molecule has 0 radical (unpaired) electrons. The zero-order valence-corrected chi connectivity index (χ0v) is 18.0. The summed E-state index contributed by atoms with van der Waals surface area (Å²) in [4.78, 5) is 50.4. The maximum atomic E-state index is 12.6. The summed E-state index contributed by atoms with van der Waals surface area (Å²) in [6.07, 6.45) is 1.85. The fraction of sp³-hybridized carbons (Fsp3) is 0.545. The third-order valence-corrected chi connectivity index (χ3v) is 5.22. The largest absolute Gasteiger partial charge is 0.480 e. The van der Waals surface area contributed by atoms with Gasteiger partial charge in [0.15, 0.2) is 0 Å². The first-order valence-corrected chi connectivity index (χ1v) is 10.6. The number of hydrogen-bond donors (Lipinski definition) is 4. The van der Waals surface area contributed by atoms with Gasteiger partial charge in [0, 0.05) is 13.0 Å². The molecule has 0 aliphatic carbocycles. The number of nitrogens with zero attached hydrogens (tertiary/aromatic N) is 1. The summed E-state index contributed by atoms with van der Waals surface area (Å²) in [5, 5.41) is 14.3. The fourth-order valence-corrected chi connectivity index (χ4v) is 3.71. The average Bonchev–Trinajstić information content (AvgIpc) is 3.21. The second-order valence-corrected chi connectivity index (χ2v) is 8.29. The normalized spacial score (nSPS) is 17.8. The molecule has 0 unspecified atom stereocenters. The Balaban J connectivity index is 1.87. The van der Waals surface area contributed by atoms with Crippen molar-refractivity contribution >= 4 is 23.7 Å². The minimum atomic E-state index is -1.16. The van der Waals surface area contributed by atoms with Crippen molar-refractivity contribution in [2.24, 2.45) is 11.7 Å². The summed E-state index contributed by atoms with van der Waals surface area (Å²) < 4.78 is 0. The van der Waals surface area contributed by atoms with Gasteiger partial charge in [-0.15, -0.1) is 0 Å². The molecule has 0 saturated carbocycles. The topological polar surface area (TPSA) is 142 Å². The summed E-state index contributed by atoms with van der Waals surface area (Å²) in [6.45, 7) is 4.03. The highest BCUT2D eigenvalue weighted by atomic mass is 16.4. The number of rotatable bonds is 10. The van der Waals surface area contributed by atoms with E-state index in [0.29, 0.717) is 25.8 Å². The smallest absolute Gasteiger partial charge is 0.326 e. The lowest BCUT2D eigenvalue weighted by Crippen LogP contribution is -2.53. The molecule has 9 nitrogen and oxygen atoms in total. The van der Waals surface area contributed by atoms with Gasteiger partial charge in [-0.25, -0.2) is 4.79 Å². The number of amides is 3. The van der Waals surface area contributed by atoms with Crippen molar-refractivity contribution < 1.29 is 24.3 Å². The van der Waals surface area contributed by atoms with Crippen LogP contribution in [0.25, 0.3) is 0 Å². The number of carbonyl (C=O) groups excluding carboxylic acids is 3. The van der Waals surface area contributed by atoms with Gasteiger partial charge in [0.2, 0.25) is 17.7 Å². The monoisotopic (exact) mass is 432 g/mol. The summed E-state index contributed by atoms with van der Waals surface area (Å²) in [7, 11) is 0. The highest BCUT2D eigenvalue weighted by molar-refractivity contribution is 5.93. The van der Waals surface area contributed by atoms with Crippen LogP contribution in [0, 0.1) is 5.92 Å². The van der Waals surface area contributed by atoms with Gasteiger partial charge in [-0.2, -0.15) is 0 Å². The van der Waals surface area contributed by atoms with Gasteiger partial charge in [-0.3, -0.25) is 14.4 Å². The van der Waals surface area contributed by atoms with Gasteiger partial charge in [-0.1, -0.05) is 44.2 Å². The van der Waals surface area contributed by atoms with Crippen LogP contribution in [0.3, 0.4) is 0 Å². The van der Waals surface area contributed by atoms with E-state index in [1.54, 1.807) is 24.3 Å². The molecule has 2 rings (SSSR count). The van der Waals surface area contributed by atoms with E-state index in [9.17, 15) is 24.3 Å². The van der Waals surface area contributed by atoms with Crippen LogP contribution in [0.15, 0.2) is 30.3 Å². The predicted molar refractivity (Wildman–Crippen MR) is 115 cm³/mol. The Morgan fingerprint density at radius 1 is 1.19 bits per heavy atom. The summed E-state index contributed by atoms with van der Waals surface area (Å²) in [6, 6.07) is 6.52. The Kier molecular flexibility index (Phi) is 8.99. The lowest BCUT2D eigenvalue weighted by atomic mass is 10.0. The summed E-state index contributed by atoms with van der Waals surface area (Å²) in [5.41, 5.74) is 6.76. The molecule has 0 spiro atoms. The van der Waals surface area contributed by atoms with E-state index in [1.165, 1.54) is 4.90 Å². The van der Waals surface area contributed by atoms with E-state index < -0.39 is 35.9 Å². The second kappa shape index (κ2) is 11.5. The van der Waals surface area contributed by atoms with Gasteiger partial charge in [0.05, 0.1) is 12.6 Å². The molecule has 1 aliphatic rings. The van der Waals surface area contributed by atoms with Gasteiger partial charge in [0.25, 0.3) is 0 Å². The molecule has 0 bridgehead atoms. The SMILES string of the molecule is CC(C)C[C@H](N)C(=O)N1CCC[C@H]1C(=O)NCC(=O)N[C@@H](Cc1ccccc1)C(=O)O. The molecule has 1 aromatic carbocycles. The minimum Gasteiger partial charge on any atom is -0.480 e. The quantitative estimate of drug-likeness (QED) is 0.418. The van der Waals surface area contributed by atoms with Crippen molar-refractivity contribution in [1.82, 2.24) is 15.5 Å². The van der Waals surface area contributed by atoms with Gasteiger partial charge in [0.1, 0.15) is 12.1 Å². The molecular formula is C22H32N4O5. The highest BCUT2D eigenvalue weighted by Crippen LogP contribution is 2.19. The Hall–Kier alpha value is -2.94. The maximum Gasteiger partial charge on any atom is 0.326 e. The van der Waals surface area contributed by atoms with E-state index in [1.807, 2.05) is 19.9 Å². The van der Waals surface area contributed by atoms with E-state index in [2.05, 4.69) is 10.6 Å². The van der Waals surface area contributed by atoms with Gasteiger partial charge >= 0.3 is 5.97 Å². The van der Waals surface area contributed by atoms with Crippen LogP contribution in [0.1, 0.15) is 38.7 Å². The molecule has 1 aliphatic heterocycles. The fourth-order valence-electron chi connectivity index (χ4n) is 3.71. The Morgan fingerprint density at radius 3 is 2.48 bits per heavy atom. The van der Waals surface area contributed by atoms with Crippen molar-refractivity contribution in [1.29, 1.82) is 0 Å². The van der Waals surface area contributed by atoms with Crippen LogP contribution in [-0.4, -0.2) is 64.9 Å². The first kappa shape index (κ1) is 24.3. The van der Waals surface area contributed by atoms with Crippen molar-refractivity contribution in [3.63, 3.8) is 0 Å². The Bertz CT molecular complexity index is 783. The van der Waals surface area contributed by atoms with Crippen LogP contribution in [0.5, 0.6) is 0 Å². The van der Waals surface area contributed by atoms with Gasteiger partial charge in [-0.05, 0) is 30.7 Å². The molecule has 9 heteroatoms. The van der Waals surface area contributed by atoms with E-state index in [4.69, 9.17) is 5.73 Å². The number of hydrogen-bond acceptors (Lipinski definition) is 5. The molecule has 0 aromatic heterocycles. The van der Waals surface area contributed by atoms with Crippen LogP contribution < -0.4 is 16.4 Å². The minimum absolute atomic E-state index is 0.133. The standard InChI is InChI=1S/C22H32N4O5/c1-14(2)11-16(23)21(29)26-10-6-9-18(26)20(28)24-13-19(27)25-17(22(30)31)12-15-7-4-3-5-8-15/h3-5,7-8,14,16-18H,6,9-13,23H2,1-2H3,(H,24,28)(H,25,27)(H,30,31)/t16-,17-,18-/m0/s1. The van der Waals surface area contributed by atoms with Crippen LogP contribution >= 0.6 is 0 Å². The molecule has 1 heterocycles. The number of benzene rings is 1. The molecule has 3 amide bonds. The molecule has 5 N–H and O–H groups in total. The average molecular weight is 433 g/mol. The third-order valence-electron chi connectivity index (χ3n) is 5.22. The van der Waals surface area contributed by atoms with Crippen LogP contribution in [0.4, 0.5) is 0 Å². The molecule has 3 atom stereocenters. The van der Waals surface area contributed by atoms with E-state index in [-0.39, 0.29) is 24.8 Å². The number of carbonyl (C=O) groups is 4. The second-order valence-electron chi connectivity index (χ2n) is 8.29. The van der Waals surface area contributed by atoms with Crippen molar-refractivity contribution in [3.8, 4) is 0 Å². The first-order valence-electron chi connectivity index (χ1n) is 10.6. The number of aliphatic carboxylic acids is 1. The maximum absolute atomic E-state index is 12.6. The Morgan fingerprint density at radius 2 is 1.87 bits per heavy atom.